The third-order valence-corrected chi connectivity index (χ3v) is 5.70. The smallest absolute Gasteiger partial charge is 0.312 e. The molecule has 0 fully saturated rings. The van der Waals surface area contributed by atoms with E-state index in [9.17, 15) is 9.59 Å². The molecule has 0 heterocycles. The second-order valence-corrected chi connectivity index (χ2v) is 8.92. The monoisotopic (exact) mass is 505 g/mol. The van der Waals surface area contributed by atoms with E-state index < -0.39 is 5.97 Å². The summed E-state index contributed by atoms with van der Waals surface area (Å²) >= 11 is 12.5. The summed E-state index contributed by atoms with van der Waals surface area (Å²) in [4.78, 5) is 29.6. The van der Waals surface area contributed by atoms with Crippen LogP contribution in [0.1, 0.15) is 83.6 Å². The summed E-state index contributed by atoms with van der Waals surface area (Å²) in [6.07, 6.45) is 8.23. The first-order chi connectivity index (χ1) is 16.4. The number of para-hydroxylation sites is 1. The Morgan fingerprint density at radius 2 is 1.47 bits per heavy atom. The first-order valence-electron chi connectivity index (χ1n) is 12.0. The maximum absolute atomic E-state index is 12.6. The lowest BCUT2D eigenvalue weighted by Crippen LogP contribution is -2.16. The molecular formula is C27H33Cl2NO4. The number of ether oxygens (including phenoxy) is 2. The van der Waals surface area contributed by atoms with E-state index in [2.05, 4.69) is 18.8 Å². The summed E-state index contributed by atoms with van der Waals surface area (Å²) < 4.78 is 11.3. The van der Waals surface area contributed by atoms with E-state index >= 15 is 0 Å². The van der Waals surface area contributed by atoms with Gasteiger partial charge in [-0.1, -0.05) is 87.7 Å². The Kier molecular flexibility index (Phi) is 12.7. The first-order valence-corrected chi connectivity index (χ1v) is 12.7. The van der Waals surface area contributed by atoms with Crippen molar-refractivity contribution >= 4 is 46.7 Å². The normalized spacial score (nSPS) is 11.4. The fourth-order valence-electron chi connectivity index (χ4n) is 3.27. The number of hydrogen-bond donors (Lipinski definition) is 0. The lowest BCUT2D eigenvalue weighted by atomic mass is 10.1. The molecule has 0 aliphatic heterocycles. The Morgan fingerprint density at radius 1 is 0.824 bits per heavy atom. The molecular weight excluding hydrogens is 473 g/mol. The minimum Gasteiger partial charge on any atom is -0.426 e. The van der Waals surface area contributed by atoms with Gasteiger partial charge in [0.15, 0.2) is 0 Å². The van der Waals surface area contributed by atoms with Crippen LogP contribution in [0.2, 0.25) is 10.0 Å². The van der Waals surface area contributed by atoms with E-state index in [-0.39, 0.29) is 24.0 Å². The van der Waals surface area contributed by atoms with Crippen LogP contribution in [0.25, 0.3) is 0 Å². The zero-order valence-corrected chi connectivity index (χ0v) is 21.5. The van der Waals surface area contributed by atoms with E-state index in [1.807, 2.05) is 0 Å². The summed E-state index contributed by atoms with van der Waals surface area (Å²) in [7, 11) is 0. The van der Waals surface area contributed by atoms with Crippen LogP contribution < -0.4 is 4.74 Å². The van der Waals surface area contributed by atoms with E-state index in [4.69, 9.17) is 32.7 Å². The number of halogens is 2. The standard InChI is InChI=1S/C27H33Cl2NO4/c1-3-5-7-9-15-25(31)33-24-18-17-20(28)19-21(24)27(30-23-14-12-11-13-22(23)29)34-26(32)16-10-8-6-4-2/h11-14,17-19H,3-10,15-16H2,1-2H3. The summed E-state index contributed by atoms with van der Waals surface area (Å²) in [5.74, 6) is -0.555. The van der Waals surface area contributed by atoms with Crippen LogP contribution in [0.5, 0.6) is 5.75 Å². The summed E-state index contributed by atoms with van der Waals surface area (Å²) in [6.45, 7) is 4.22. The van der Waals surface area contributed by atoms with Gasteiger partial charge >= 0.3 is 11.9 Å². The predicted molar refractivity (Wildman–Crippen MR) is 138 cm³/mol. The van der Waals surface area contributed by atoms with Gasteiger partial charge in [0, 0.05) is 17.9 Å². The topological polar surface area (TPSA) is 65.0 Å². The number of rotatable bonds is 13. The molecule has 184 valence electrons. The van der Waals surface area contributed by atoms with Crippen molar-refractivity contribution in [2.45, 2.75) is 78.1 Å². The molecule has 0 N–H and O–H groups in total. The number of carbonyl (C=O) groups is 2. The van der Waals surface area contributed by atoms with Crippen LogP contribution in [0.15, 0.2) is 47.5 Å². The molecule has 0 spiro atoms. The molecule has 0 atom stereocenters. The Balaban J connectivity index is 2.32. The van der Waals surface area contributed by atoms with Gasteiger partial charge in [0.1, 0.15) is 5.75 Å². The number of carbonyl (C=O) groups excluding carboxylic acids is 2. The average Bonchev–Trinajstić information content (AvgIpc) is 2.82. The van der Waals surface area contributed by atoms with Gasteiger partial charge < -0.3 is 9.47 Å². The largest absolute Gasteiger partial charge is 0.426 e. The van der Waals surface area contributed by atoms with Crippen molar-refractivity contribution in [3.8, 4) is 5.75 Å². The van der Waals surface area contributed by atoms with Gasteiger partial charge in [-0.3, -0.25) is 9.59 Å². The minimum atomic E-state index is -0.418. The lowest BCUT2D eigenvalue weighted by molar-refractivity contribution is -0.135. The highest BCUT2D eigenvalue weighted by Gasteiger charge is 2.20. The van der Waals surface area contributed by atoms with Crippen LogP contribution in [0.3, 0.4) is 0 Å². The number of esters is 2. The molecule has 0 aromatic heterocycles. The molecule has 0 amide bonds. The van der Waals surface area contributed by atoms with Crippen LogP contribution in [0, 0.1) is 0 Å². The zero-order valence-electron chi connectivity index (χ0n) is 19.9. The summed E-state index contributed by atoms with van der Waals surface area (Å²) in [6, 6.07) is 11.7. The molecule has 0 bridgehead atoms. The Bertz CT molecular complexity index is 975. The molecule has 2 aromatic rings. The fourth-order valence-corrected chi connectivity index (χ4v) is 3.62. The molecule has 2 aromatic carbocycles. The van der Waals surface area contributed by atoms with E-state index in [0.717, 1.165) is 51.4 Å². The van der Waals surface area contributed by atoms with Crippen molar-refractivity contribution in [3.63, 3.8) is 0 Å². The summed E-state index contributed by atoms with van der Waals surface area (Å²) in [5.41, 5.74) is 0.742. The van der Waals surface area contributed by atoms with Crippen molar-refractivity contribution in [1.82, 2.24) is 0 Å². The van der Waals surface area contributed by atoms with Gasteiger partial charge in [-0.25, -0.2) is 4.99 Å². The third-order valence-electron chi connectivity index (χ3n) is 5.15. The van der Waals surface area contributed by atoms with Gasteiger partial charge in [0.2, 0.25) is 5.90 Å². The number of unbranched alkanes of at least 4 members (excludes halogenated alkanes) is 6. The molecule has 5 nitrogen and oxygen atoms in total. The zero-order chi connectivity index (χ0) is 24.8. The van der Waals surface area contributed by atoms with Gasteiger partial charge in [0.05, 0.1) is 16.3 Å². The second kappa shape index (κ2) is 15.5. The predicted octanol–water partition coefficient (Wildman–Crippen LogP) is 8.46. The van der Waals surface area contributed by atoms with Gasteiger partial charge in [-0.05, 0) is 43.2 Å². The number of aliphatic imine (C=N–C) groups is 1. The van der Waals surface area contributed by atoms with Crippen LogP contribution in [-0.2, 0) is 14.3 Å². The minimum absolute atomic E-state index is 0.00938. The highest BCUT2D eigenvalue weighted by atomic mass is 35.5. The molecule has 0 saturated heterocycles. The van der Waals surface area contributed by atoms with Gasteiger partial charge in [-0.2, -0.15) is 0 Å². The SMILES string of the molecule is CCCCCCC(=O)OC(=Nc1ccccc1Cl)c1cc(Cl)ccc1OC(=O)CCCCCC. The van der Waals surface area contributed by atoms with E-state index in [1.54, 1.807) is 42.5 Å². The summed E-state index contributed by atoms with van der Waals surface area (Å²) in [5, 5.41) is 0.791. The molecule has 0 saturated carbocycles. The second-order valence-electron chi connectivity index (χ2n) is 8.08. The van der Waals surface area contributed by atoms with Gasteiger partial charge in [0.25, 0.3) is 0 Å². The van der Waals surface area contributed by atoms with E-state index in [1.165, 1.54) is 0 Å². The Hall–Kier alpha value is -2.37. The molecule has 34 heavy (non-hydrogen) atoms. The van der Waals surface area contributed by atoms with Crippen molar-refractivity contribution in [2.75, 3.05) is 0 Å². The maximum Gasteiger partial charge on any atom is 0.312 e. The van der Waals surface area contributed by atoms with E-state index in [0.29, 0.717) is 27.7 Å². The highest BCUT2D eigenvalue weighted by Crippen LogP contribution is 2.29. The first kappa shape index (κ1) is 27.9. The van der Waals surface area contributed by atoms with Crippen molar-refractivity contribution < 1.29 is 19.1 Å². The number of hydrogen-bond acceptors (Lipinski definition) is 5. The maximum atomic E-state index is 12.6. The van der Waals surface area contributed by atoms with Gasteiger partial charge in [-0.15, -0.1) is 0 Å². The van der Waals surface area contributed by atoms with Crippen molar-refractivity contribution in [1.29, 1.82) is 0 Å². The van der Waals surface area contributed by atoms with Crippen LogP contribution >= 0.6 is 23.2 Å². The highest BCUT2D eigenvalue weighted by molar-refractivity contribution is 6.33. The molecule has 0 unspecified atom stereocenters. The van der Waals surface area contributed by atoms with Crippen LogP contribution in [-0.4, -0.2) is 17.8 Å². The molecule has 0 aliphatic rings. The Morgan fingerprint density at radius 3 is 2.12 bits per heavy atom. The Labute approximate surface area is 212 Å². The molecule has 0 radical (unpaired) electrons. The number of nitrogens with zero attached hydrogens (tertiary/aromatic N) is 1. The lowest BCUT2D eigenvalue weighted by Gasteiger charge is -2.14. The average molecular weight is 506 g/mol. The fraction of sp³-hybridized carbons (Fsp3) is 0.444. The quantitative estimate of drug-likeness (QED) is 0.0899. The van der Waals surface area contributed by atoms with Crippen molar-refractivity contribution in [3.05, 3.63) is 58.1 Å². The third kappa shape index (κ3) is 9.86. The molecule has 7 heteroatoms. The van der Waals surface area contributed by atoms with Crippen molar-refractivity contribution in [2.24, 2.45) is 4.99 Å². The molecule has 2 rings (SSSR count). The molecule has 0 aliphatic carbocycles. The van der Waals surface area contributed by atoms with Crippen LogP contribution in [0.4, 0.5) is 5.69 Å². The number of benzene rings is 2.